The largest absolute Gasteiger partial charge is 0.456 e. The molecule has 0 spiro atoms. The molecule has 8 heteroatoms. The summed E-state index contributed by atoms with van der Waals surface area (Å²) in [6.45, 7) is -0.164. The van der Waals surface area contributed by atoms with Crippen molar-refractivity contribution in [2.24, 2.45) is 14.1 Å². The zero-order chi connectivity index (χ0) is 17.3. The first kappa shape index (κ1) is 16.0. The first-order chi connectivity index (χ1) is 11.5. The van der Waals surface area contributed by atoms with E-state index in [-0.39, 0.29) is 6.61 Å². The zero-order valence-electron chi connectivity index (χ0n) is 13.5. The van der Waals surface area contributed by atoms with Gasteiger partial charge >= 0.3 is 11.7 Å². The quantitative estimate of drug-likeness (QED) is 0.798. The number of rotatable bonds is 5. The molecule has 0 radical (unpaired) electrons. The number of hydrogen-bond donors (Lipinski definition) is 1. The van der Waals surface area contributed by atoms with Crippen molar-refractivity contribution in [1.82, 2.24) is 14.1 Å². The highest BCUT2D eigenvalue weighted by molar-refractivity contribution is 5.89. The molecule has 2 aromatic heterocycles. The van der Waals surface area contributed by atoms with E-state index in [4.69, 9.17) is 4.74 Å². The van der Waals surface area contributed by atoms with E-state index >= 15 is 0 Å². The first-order valence-corrected chi connectivity index (χ1v) is 7.61. The van der Waals surface area contributed by atoms with Gasteiger partial charge in [-0.05, 0) is 25.0 Å². The van der Waals surface area contributed by atoms with E-state index < -0.39 is 17.2 Å². The fourth-order valence-corrected chi connectivity index (χ4v) is 2.18. The van der Waals surface area contributed by atoms with Crippen LogP contribution in [0.3, 0.4) is 0 Å². The highest BCUT2D eigenvalue weighted by Crippen LogP contribution is 2.23. The fraction of sp³-hybridized carbons (Fsp3) is 0.375. The van der Waals surface area contributed by atoms with Crippen LogP contribution in [0.2, 0.25) is 0 Å². The summed E-state index contributed by atoms with van der Waals surface area (Å²) in [6.07, 6.45) is 3.72. The van der Waals surface area contributed by atoms with Crippen molar-refractivity contribution < 1.29 is 9.53 Å². The molecule has 0 aromatic carbocycles. The SMILES string of the molecule is Cn1c(COC(=O)c2ccc(NC3CC3)nc2)cc(=O)n(C)c1=O. The summed E-state index contributed by atoms with van der Waals surface area (Å²) in [6, 6.07) is 5.11. The van der Waals surface area contributed by atoms with Gasteiger partial charge in [-0.1, -0.05) is 0 Å². The van der Waals surface area contributed by atoms with E-state index in [1.54, 1.807) is 12.1 Å². The molecule has 0 aliphatic heterocycles. The summed E-state index contributed by atoms with van der Waals surface area (Å²) < 4.78 is 7.43. The minimum absolute atomic E-state index is 0.164. The number of hydrogen-bond acceptors (Lipinski definition) is 6. The second kappa shape index (κ2) is 6.31. The zero-order valence-corrected chi connectivity index (χ0v) is 13.5. The van der Waals surface area contributed by atoms with Crippen molar-refractivity contribution in [1.29, 1.82) is 0 Å². The summed E-state index contributed by atoms with van der Waals surface area (Å²) in [5, 5.41) is 3.23. The second-order valence-corrected chi connectivity index (χ2v) is 5.80. The molecule has 1 N–H and O–H groups in total. The molecule has 24 heavy (non-hydrogen) atoms. The number of nitrogens with one attached hydrogen (secondary N) is 1. The third-order valence-corrected chi connectivity index (χ3v) is 3.91. The molecular formula is C16H18N4O4. The Morgan fingerprint density at radius 1 is 1.29 bits per heavy atom. The average molecular weight is 330 g/mol. The maximum atomic E-state index is 12.1. The van der Waals surface area contributed by atoms with Gasteiger partial charge in [0.2, 0.25) is 0 Å². The van der Waals surface area contributed by atoms with E-state index in [0.29, 0.717) is 17.3 Å². The molecule has 2 aromatic rings. The molecule has 0 saturated heterocycles. The van der Waals surface area contributed by atoms with Crippen LogP contribution < -0.4 is 16.6 Å². The molecular weight excluding hydrogens is 312 g/mol. The minimum Gasteiger partial charge on any atom is -0.456 e. The number of anilines is 1. The van der Waals surface area contributed by atoms with Gasteiger partial charge in [0.25, 0.3) is 5.56 Å². The summed E-state index contributed by atoms with van der Waals surface area (Å²) in [4.78, 5) is 39.7. The topological polar surface area (TPSA) is 95.2 Å². The number of nitrogens with zero attached hydrogens (tertiary/aromatic N) is 3. The molecule has 0 unspecified atom stereocenters. The lowest BCUT2D eigenvalue weighted by Gasteiger charge is -2.10. The van der Waals surface area contributed by atoms with Gasteiger partial charge in [0, 0.05) is 32.4 Å². The maximum Gasteiger partial charge on any atom is 0.340 e. The number of aromatic nitrogens is 3. The van der Waals surface area contributed by atoms with Gasteiger partial charge in [0.15, 0.2) is 0 Å². The monoisotopic (exact) mass is 330 g/mol. The van der Waals surface area contributed by atoms with Crippen LogP contribution in [0.25, 0.3) is 0 Å². The average Bonchev–Trinajstić information content (AvgIpc) is 3.39. The Labute approximate surface area is 137 Å². The fourth-order valence-electron chi connectivity index (χ4n) is 2.18. The van der Waals surface area contributed by atoms with Crippen LogP contribution in [0.5, 0.6) is 0 Å². The molecule has 0 atom stereocenters. The summed E-state index contributed by atoms with van der Waals surface area (Å²) >= 11 is 0. The number of esters is 1. The lowest BCUT2D eigenvalue weighted by Crippen LogP contribution is -2.38. The molecule has 2 heterocycles. The molecule has 8 nitrogen and oxygen atoms in total. The van der Waals surface area contributed by atoms with E-state index in [0.717, 1.165) is 23.2 Å². The molecule has 0 bridgehead atoms. The normalized spacial score (nSPS) is 13.6. The Bertz CT molecular complexity index is 878. The van der Waals surface area contributed by atoms with Crippen molar-refractivity contribution in [3.8, 4) is 0 Å². The van der Waals surface area contributed by atoms with Crippen LogP contribution in [-0.4, -0.2) is 26.1 Å². The minimum atomic E-state index is -0.561. The molecule has 3 rings (SSSR count). The lowest BCUT2D eigenvalue weighted by atomic mass is 10.3. The Balaban J connectivity index is 1.67. The van der Waals surface area contributed by atoms with Gasteiger partial charge in [0.1, 0.15) is 12.4 Å². The predicted octanol–water partition coefficient (Wildman–Crippen LogP) is 0.410. The Morgan fingerprint density at radius 2 is 2.04 bits per heavy atom. The smallest absolute Gasteiger partial charge is 0.340 e. The van der Waals surface area contributed by atoms with Crippen LogP contribution in [0.15, 0.2) is 34.0 Å². The summed E-state index contributed by atoms with van der Waals surface area (Å²) in [7, 11) is 2.91. The summed E-state index contributed by atoms with van der Waals surface area (Å²) in [5.74, 6) is 0.164. The molecule has 0 amide bonds. The van der Waals surface area contributed by atoms with Crippen molar-refractivity contribution in [3.63, 3.8) is 0 Å². The van der Waals surface area contributed by atoms with E-state index in [1.165, 1.54) is 30.9 Å². The van der Waals surface area contributed by atoms with Gasteiger partial charge in [-0.3, -0.25) is 13.9 Å². The molecule has 1 saturated carbocycles. The van der Waals surface area contributed by atoms with E-state index in [2.05, 4.69) is 10.3 Å². The van der Waals surface area contributed by atoms with E-state index in [9.17, 15) is 14.4 Å². The highest BCUT2D eigenvalue weighted by Gasteiger charge is 2.21. The predicted molar refractivity (Wildman–Crippen MR) is 86.9 cm³/mol. The molecule has 1 aliphatic carbocycles. The van der Waals surface area contributed by atoms with Crippen LogP contribution in [0.4, 0.5) is 5.82 Å². The molecule has 1 fully saturated rings. The lowest BCUT2D eigenvalue weighted by molar-refractivity contribution is 0.0462. The first-order valence-electron chi connectivity index (χ1n) is 7.61. The van der Waals surface area contributed by atoms with Crippen molar-refractivity contribution >= 4 is 11.8 Å². The van der Waals surface area contributed by atoms with Gasteiger partial charge < -0.3 is 10.1 Å². The van der Waals surface area contributed by atoms with Gasteiger partial charge in [-0.15, -0.1) is 0 Å². The van der Waals surface area contributed by atoms with Crippen LogP contribution in [-0.2, 0) is 25.4 Å². The summed E-state index contributed by atoms with van der Waals surface area (Å²) in [5.41, 5.74) is -0.270. The van der Waals surface area contributed by atoms with Gasteiger partial charge in [-0.2, -0.15) is 0 Å². The van der Waals surface area contributed by atoms with Crippen molar-refractivity contribution in [2.45, 2.75) is 25.5 Å². The molecule has 1 aliphatic rings. The molecule has 126 valence electrons. The van der Waals surface area contributed by atoms with Crippen LogP contribution in [0.1, 0.15) is 28.9 Å². The second-order valence-electron chi connectivity index (χ2n) is 5.80. The Hall–Kier alpha value is -2.90. The van der Waals surface area contributed by atoms with Crippen LogP contribution >= 0.6 is 0 Å². The third kappa shape index (κ3) is 3.37. The van der Waals surface area contributed by atoms with Crippen molar-refractivity contribution in [3.05, 3.63) is 56.5 Å². The van der Waals surface area contributed by atoms with Gasteiger partial charge in [-0.25, -0.2) is 14.6 Å². The number of ether oxygens (including phenoxy) is 1. The van der Waals surface area contributed by atoms with Crippen LogP contribution in [0, 0.1) is 0 Å². The third-order valence-electron chi connectivity index (χ3n) is 3.91. The Kier molecular flexibility index (Phi) is 4.20. The Morgan fingerprint density at radius 3 is 2.67 bits per heavy atom. The van der Waals surface area contributed by atoms with E-state index in [1.807, 2.05) is 0 Å². The van der Waals surface area contributed by atoms with Gasteiger partial charge in [0.05, 0.1) is 11.3 Å². The number of carbonyl (C=O) groups excluding carboxylic acids is 1. The maximum absolute atomic E-state index is 12.1. The number of pyridine rings is 1. The highest BCUT2D eigenvalue weighted by atomic mass is 16.5. The standard InChI is InChI=1S/C16H18N4O4/c1-19-12(7-14(21)20(2)16(19)23)9-24-15(22)10-3-6-13(17-8-10)18-11-4-5-11/h3,6-8,11H,4-5,9H2,1-2H3,(H,17,18). The number of carbonyl (C=O) groups is 1. The van der Waals surface area contributed by atoms with Crippen molar-refractivity contribution in [2.75, 3.05) is 5.32 Å².